The first-order chi connectivity index (χ1) is 15.2. The molecule has 0 saturated carbocycles. The van der Waals surface area contributed by atoms with Crippen LogP contribution in [0, 0.1) is 12.7 Å². The van der Waals surface area contributed by atoms with Gasteiger partial charge in [-0.25, -0.2) is 24.3 Å². The predicted molar refractivity (Wildman–Crippen MR) is 119 cm³/mol. The van der Waals surface area contributed by atoms with E-state index in [1.807, 2.05) is 26.0 Å². The lowest BCUT2D eigenvalue weighted by Crippen LogP contribution is -2.52. The van der Waals surface area contributed by atoms with Crippen molar-refractivity contribution in [2.75, 3.05) is 37.6 Å². The quantitative estimate of drug-likeness (QED) is 0.503. The van der Waals surface area contributed by atoms with Gasteiger partial charge in [0.25, 0.3) is 0 Å². The first-order valence-electron chi connectivity index (χ1n) is 10.5. The fourth-order valence-corrected chi connectivity index (χ4v) is 3.64. The van der Waals surface area contributed by atoms with Crippen LogP contribution in [0.15, 0.2) is 54.0 Å². The normalized spacial score (nSPS) is 14.7. The Kier molecular flexibility index (Phi) is 6.40. The fourth-order valence-electron chi connectivity index (χ4n) is 3.64. The number of imidazole rings is 1. The number of benzene rings is 1. The molecule has 3 aromatic rings. The Morgan fingerprint density at radius 2 is 1.87 bits per heavy atom. The molecule has 162 valence electrons. The highest BCUT2D eigenvalue weighted by molar-refractivity contribution is 5.80. The molecule has 9 heteroatoms. The largest absolute Gasteiger partial charge is 0.357 e. The summed E-state index contributed by atoms with van der Waals surface area (Å²) in [6, 6.07) is 7.06. The molecule has 1 fully saturated rings. The lowest BCUT2D eigenvalue weighted by atomic mass is 10.2. The third-order valence-electron chi connectivity index (χ3n) is 5.26. The van der Waals surface area contributed by atoms with E-state index in [2.05, 4.69) is 30.1 Å². The third-order valence-corrected chi connectivity index (χ3v) is 5.26. The van der Waals surface area contributed by atoms with Gasteiger partial charge in [0.1, 0.15) is 11.6 Å². The molecule has 1 aliphatic rings. The highest BCUT2D eigenvalue weighted by Gasteiger charge is 2.21. The van der Waals surface area contributed by atoms with Crippen LogP contribution in [0.3, 0.4) is 0 Å². The van der Waals surface area contributed by atoms with Gasteiger partial charge < -0.3 is 19.7 Å². The minimum absolute atomic E-state index is 0.282. The van der Waals surface area contributed by atoms with E-state index in [0.29, 0.717) is 12.2 Å². The first kappa shape index (κ1) is 20.8. The Morgan fingerprint density at radius 1 is 1.10 bits per heavy atom. The Bertz CT molecular complexity index is 1020. The van der Waals surface area contributed by atoms with Crippen molar-refractivity contribution in [2.24, 2.45) is 4.99 Å². The number of rotatable bonds is 5. The SMILES string of the molecule is CCNC(=NCc1ccc(-n2ccnc2C)c(F)c1)N1CCN(c2ncccn2)CC1. The molecule has 3 heterocycles. The van der Waals surface area contributed by atoms with Gasteiger partial charge in [-0.3, -0.25) is 0 Å². The Balaban J connectivity index is 1.42. The van der Waals surface area contributed by atoms with Crippen molar-refractivity contribution >= 4 is 11.9 Å². The van der Waals surface area contributed by atoms with Crippen LogP contribution in [0.25, 0.3) is 5.69 Å². The standard InChI is InChI=1S/C22H27FN8/c1-3-24-21(29-11-13-30(14-12-29)22-26-7-4-8-27-22)28-16-18-5-6-20(19(23)15-18)31-10-9-25-17(31)2/h4-10,15H,3,11-14,16H2,1-2H3,(H,24,28). The maximum atomic E-state index is 14.7. The van der Waals surface area contributed by atoms with Crippen molar-refractivity contribution in [1.29, 1.82) is 0 Å². The maximum absolute atomic E-state index is 14.7. The fraction of sp³-hybridized carbons (Fsp3) is 0.364. The summed E-state index contributed by atoms with van der Waals surface area (Å²) < 4.78 is 16.4. The van der Waals surface area contributed by atoms with Crippen molar-refractivity contribution < 1.29 is 4.39 Å². The number of nitrogens with zero attached hydrogens (tertiary/aromatic N) is 7. The molecule has 1 aromatic carbocycles. The summed E-state index contributed by atoms with van der Waals surface area (Å²) in [5, 5.41) is 3.35. The summed E-state index contributed by atoms with van der Waals surface area (Å²) in [5.74, 6) is 2.06. The van der Waals surface area contributed by atoms with Crippen LogP contribution < -0.4 is 10.2 Å². The van der Waals surface area contributed by atoms with Gasteiger partial charge in [0, 0.05) is 57.5 Å². The number of aliphatic imine (C=N–C) groups is 1. The maximum Gasteiger partial charge on any atom is 0.225 e. The number of piperazine rings is 1. The highest BCUT2D eigenvalue weighted by Crippen LogP contribution is 2.17. The molecule has 1 aliphatic heterocycles. The van der Waals surface area contributed by atoms with Crippen molar-refractivity contribution in [1.82, 2.24) is 29.7 Å². The molecule has 0 amide bonds. The van der Waals surface area contributed by atoms with Crippen molar-refractivity contribution in [3.63, 3.8) is 0 Å². The van der Waals surface area contributed by atoms with Crippen molar-refractivity contribution in [2.45, 2.75) is 20.4 Å². The van der Waals surface area contributed by atoms with Gasteiger partial charge >= 0.3 is 0 Å². The number of guanidine groups is 1. The minimum Gasteiger partial charge on any atom is -0.357 e. The van der Waals surface area contributed by atoms with Gasteiger partial charge in [-0.1, -0.05) is 6.07 Å². The predicted octanol–water partition coefficient (Wildman–Crippen LogP) is 2.40. The molecule has 0 unspecified atom stereocenters. The smallest absolute Gasteiger partial charge is 0.225 e. The van der Waals surface area contributed by atoms with Gasteiger partial charge in [-0.2, -0.15) is 0 Å². The van der Waals surface area contributed by atoms with Crippen molar-refractivity contribution in [3.8, 4) is 5.69 Å². The first-order valence-corrected chi connectivity index (χ1v) is 10.5. The molecule has 0 radical (unpaired) electrons. The van der Waals surface area contributed by atoms with E-state index in [1.165, 1.54) is 0 Å². The number of hydrogen-bond donors (Lipinski definition) is 1. The highest BCUT2D eigenvalue weighted by atomic mass is 19.1. The van der Waals surface area contributed by atoms with E-state index in [9.17, 15) is 4.39 Å². The molecule has 2 aromatic heterocycles. The zero-order valence-electron chi connectivity index (χ0n) is 17.9. The van der Waals surface area contributed by atoms with Gasteiger partial charge in [0.2, 0.25) is 5.95 Å². The molecule has 8 nitrogen and oxygen atoms in total. The Hall–Kier alpha value is -3.49. The zero-order valence-corrected chi connectivity index (χ0v) is 17.9. The van der Waals surface area contributed by atoms with Gasteiger partial charge in [0.05, 0.1) is 12.2 Å². The molecule has 0 spiro atoms. The molecule has 31 heavy (non-hydrogen) atoms. The van der Waals surface area contributed by atoms with Crippen LogP contribution in [0.1, 0.15) is 18.3 Å². The van der Waals surface area contributed by atoms with Crippen molar-refractivity contribution in [3.05, 3.63) is 66.3 Å². The zero-order chi connectivity index (χ0) is 21.6. The molecule has 0 bridgehead atoms. The Labute approximate surface area is 181 Å². The number of aromatic nitrogens is 4. The summed E-state index contributed by atoms with van der Waals surface area (Å²) in [4.78, 5) is 22.0. The Morgan fingerprint density at radius 3 is 2.52 bits per heavy atom. The number of aryl methyl sites for hydroxylation is 1. The third kappa shape index (κ3) is 4.82. The molecule has 1 N–H and O–H groups in total. The summed E-state index contributed by atoms with van der Waals surface area (Å²) in [7, 11) is 0. The number of nitrogens with one attached hydrogen (secondary N) is 1. The summed E-state index contributed by atoms with van der Waals surface area (Å²) in [6.07, 6.45) is 6.95. The molecule has 0 aliphatic carbocycles. The van der Waals surface area contributed by atoms with E-state index in [1.54, 1.807) is 41.5 Å². The monoisotopic (exact) mass is 422 g/mol. The summed E-state index contributed by atoms with van der Waals surface area (Å²) in [5.41, 5.74) is 1.32. The number of anilines is 1. The molecule has 4 rings (SSSR count). The van der Waals surface area contributed by atoms with E-state index >= 15 is 0 Å². The molecular formula is C22H27FN8. The summed E-state index contributed by atoms with van der Waals surface area (Å²) in [6.45, 7) is 8.35. The molecule has 1 saturated heterocycles. The van der Waals surface area contributed by atoms with Crippen LogP contribution in [0.4, 0.5) is 10.3 Å². The minimum atomic E-state index is -0.282. The average molecular weight is 423 g/mol. The summed E-state index contributed by atoms with van der Waals surface area (Å²) >= 11 is 0. The van der Waals surface area contributed by atoms with Crippen LogP contribution in [-0.2, 0) is 6.54 Å². The van der Waals surface area contributed by atoms with Gasteiger partial charge in [-0.15, -0.1) is 0 Å². The number of hydrogen-bond acceptors (Lipinski definition) is 5. The van der Waals surface area contributed by atoms with E-state index < -0.39 is 0 Å². The molecule has 0 atom stereocenters. The van der Waals surface area contributed by atoms with E-state index in [4.69, 9.17) is 4.99 Å². The van der Waals surface area contributed by atoms with E-state index in [0.717, 1.165) is 56.0 Å². The lowest BCUT2D eigenvalue weighted by molar-refractivity contribution is 0.370. The average Bonchev–Trinajstić information content (AvgIpc) is 3.23. The second-order valence-electron chi connectivity index (χ2n) is 7.32. The number of halogens is 1. The van der Waals surface area contributed by atoms with Crippen LogP contribution >= 0.6 is 0 Å². The van der Waals surface area contributed by atoms with Gasteiger partial charge in [0.15, 0.2) is 5.96 Å². The second-order valence-corrected chi connectivity index (χ2v) is 7.32. The topological polar surface area (TPSA) is 74.5 Å². The van der Waals surface area contributed by atoms with Crippen LogP contribution in [-0.4, -0.2) is 63.1 Å². The molecular weight excluding hydrogens is 395 g/mol. The second kappa shape index (κ2) is 9.55. The van der Waals surface area contributed by atoms with Gasteiger partial charge in [-0.05, 0) is 37.6 Å². The lowest BCUT2D eigenvalue weighted by Gasteiger charge is -2.36. The van der Waals surface area contributed by atoms with Crippen LogP contribution in [0.5, 0.6) is 0 Å². The van der Waals surface area contributed by atoms with Crippen LogP contribution in [0.2, 0.25) is 0 Å². The van der Waals surface area contributed by atoms with E-state index in [-0.39, 0.29) is 5.82 Å².